The summed E-state index contributed by atoms with van der Waals surface area (Å²) in [5.41, 5.74) is 3.37. The summed E-state index contributed by atoms with van der Waals surface area (Å²) in [7, 11) is 0. The molecule has 2 aromatic heterocycles. The molecule has 8 nitrogen and oxygen atoms in total. The van der Waals surface area contributed by atoms with Crippen LogP contribution in [0, 0.1) is 6.92 Å². The molecule has 3 aromatic rings. The van der Waals surface area contributed by atoms with Gasteiger partial charge in [0.25, 0.3) is 0 Å². The molecule has 1 amide bonds. The lowest BCUT2D eigenvalue weighted by atomic mass is 10.1. The number of hydrogen-bond donors (Lipinski definition) is 2. The number of benzene rings is 1. The number of oxazole rings is 1. The summed E-state index contributed by atoms with van der Waals surface area (Å²) in [5, 5.41) is 3.59. The fourth-order valence-corrected chi connectivity index (χ4v) is 3.70. The second-order valence-electron chi connectivity index (χ2n) is 7.33. The van der Waals surface area contributed by atoms with Crippen molar-refractivity contribution < 1.29 is 9.21 Å². The molecule has 1 saturated heterocycles. The van der Waals surface area contributed by atoms with E-state index >= 15 is 0 Å². The first kappa shape index (κ1) is 19.5. The Morgan fingerprint density at radius 2 is 2.21 bits per heavy atom. The second-order valence-corrected chi connectivity index (χ2v) is 7.74. The molecule has 1 aromatic carbocycles. The van der Waals surface area contributed by atoms with Gasteiger partial charge in [0.1, 0.15) is 0 Å². The van der Waals surface area contributed by atoms with Crippen molar-refractivity contribution in [2.75, 3.05) is 36.4 Å². The van der Waals surface area contributed by atoms with Crippen molar-refractivity contribution in [2.24, 2.45) is 0 Å². The molecule has 29 heavy (non-hydrogen) atoms. The summed E-state index contributed by atoms with van der Waals surface area (Å²) in [6.45, 7) is 6.84. The number of carbonyl (C=O) groups is 1. The lowest BCUT2D eigenvalue weighted by Crippen LogP contribution is -2.53. The summed E-state index contributed by atoms with van der Waals surface area (Å²) in [4.78, 5) is 34.7. The van der Waals surface area contributed by atoms with Gasteiger partial charge in [-0.2, -0.15) is 0 Å². The van der Waals surface area contributed by atoms with E-state index in [-0.39, 0.29) is 18.5 Å². The van der Waals surface area contributed by atoms with Gasteiger partial charge in [-0.3, -0.25) is 14.7 Å². The summed E-state index contributed by atoms with van der Waals surface area (Å²) in [5.74, 6) is -0.703. The number of amides is 1. The van der Waals surface area contributed by atoms with Crippen LogP contribution in [0.15, 0.2) is 39.7 Å². The first-order valence-corrected chi connectivity index (χ1v) is 9.81. The third kappa shape index (κ3) is 4.28. The van der Waals surface area contributed by atoms with Gasteiger partial charge in [-0.1, -0.05) is 11.6 Å². The third-order valence-corrected chi connectivity index (χ3v) is 5.60. The predicted octanol–water partition coefficient (Wildman–Crippen LogP) is 2.63. The van der Waals surface area contributed by atoms with Crippen LogP contribution in [0.25, 0.3) is 11.2 Å². The number of aromatic amines is 1. The zero-order valence-corrected chi connectivity index (χ0v) is 17.0. The van der Waals surface area contributed by atoms with Gasteiger partial charge in [0, 0.05) is 42.5 Å². The van der Waals surface area contributed by atoms with Crippen LogP contribution in [0.2, 0.25) is 5.02 Å². The molecule has 1 aliphatic heterocycles. The van der Waals surface area contributed by atoms with Crippen LogP contribution in [-0.2, 0) is 4.79 Å². The molecule has 4 rings (SSSR count). The van der Waals surface area contributed by atoms with Gasteiger partial charge in [0.05, 0.1) is 18.4 Å². The number of nitrogens with zero attached hydrogens (tertiary/aromatic N) is 3. The number of carbonyl (C=O) groups excluding carboxylic acids is 1. The molecule has 0 aliphatic carbocycles. The molecular weight excluding hydrogens is 394 g/mol. The molecule has 1 atom stereocenters. The molecular formula is C20H22ClN5O3. The van der Waals surface area contributed by atoms with E-state index in [9.17, 15) is 9.59 Å². The largest absolute Gasteiger partial charge is 0.418 e. The average Bonchev–Trinajstić information content (AvgIpc) is 3.05. The quantitative estimate of drug-likeness (QED) is 0.680. The Bertz CT molecular complexity index is 1110. The topological polar surface area (TPSA) is 94.5 Å². The molecule has 9 heteroatoms. The number of H-pyrrole nitrogens is 1. The fraction of sp³-hybridized carbons (Fsp3) is 0.350. The smallest absolute Gasteiger partial charge is 0.406 e. The van der Waals surface area contributed by atoms with Crippen LogP contribution in [0.1, 0.15) is 12.5 Å². The van der Waals surface area contributed by atoms with Crippen molar-refractivity contribution in [3.05, 3.63) is 51.6 Å². The van der Waals surface area contributed by atoms with E-state index in [0.717, 1.165) is 35.9 Å². The number of rotatable bonds is 4. The van der Waals surface area contributed by atoms with Crippen LogP contribution in [0.5, 0.6) is 0 Å². The minimum absolute atomic E-state index is 0.133. The molecule has 1 fully saturated rings. The number of nitrogens with one attached hydrogen (secondary N) is 2. The van der Waals surface area contributed by atoms with E-state index in [2.05, 4.69) is 38.1 Å². The van der Waals surface area contributed by atoms with Gasteiger partial charge in [-0.25, -0.2) is 9.78 Å². The molecule has 1 aliphatic rings. The Hall–Kier alpha value is -2.84. The maximum atomic E-state index is 12.5. The highest BCUT2D eigenvalue weighted by molar-refractivity contribution is 6.31. The minimum atomic E-state index is -0.571. The maximum Gasteiger partial charge on any atom is 0.418 e. The van der Waals surface area contributed by atoms with Crippen molar-refractivity contribution in [3.8, 4) is 0 Å². The molecule has 0 spiro atoms. The minimum Gasteiger partial charge on any atom is -0.406 e. The highest BCUT2D eigenvalue weighted by Crippen LogP contribution is 2.24. The van der Waals surface area contributed by atoms with Crippen LogP contribution in [0.3, 0.4) is 0 Å². The molecule has 3 heterocycles. The lowest BCUT2D eigenvalue weighted by molar-refractivity contribution is -0.117. The molecule has 0 saturated carbocycles. The Morgan fingerprint density at radius 1 is 1.38 bits per heavy atom. The number of anilines is 2. The van der Waals surface area contributed by atoms with Gasteiger partial charge in [0.2, 0.25) is 5.91 Å². The first-order valence-electron chi connectivity index (χ1n) is 9.43. The number of aromatic nitrogens is 2. The zero-order chi connectivity index (χ0) is 20.5. The van der Waals surface area contributed by atoms with Crippen molar-refractivity contribution >= 4 is 40.1 Å². The monoisotopic (exact) mass is 415 g/mol. The maximum absolute atomic E-state index is 12.5. The Morgan fingerprint density at radius 3 is 2.97 bits per heavy atom. The standard InChI is InChI=1S/C20H22ClN5O3/c1-12-7-15(3-4-16(12)21)26-6-5-25(13(2)10-26)11-18(27)23-14-8-17-19(22-9-14)24-20(28)29-17/h3-4,7-9,13H,5-6,10-11H2,1-2H3,(H,23,27)(H,22,24,28)/t13-/m1/s1. The number of fused-ring (bicyclic) bond motifs is 1. The average molecular weight is 416 g/mol. The van der Waals surface area contributed by atoms with E-state index in [1.54, 1.807) is 6.07 Å². The van der Waals surface area contributed by atoms with Crippen LogP contribution < -0.4 is 16.0 Å². The number of piperazine rings is 1. The first-order chi connectivity index (χ1) is 13.9. The van der Waals surface area contributed by atoms with Crippen LogP contribution in [-0.4, -0.2) is 53.0 Å². The van der Waals surface area contributed by atoms with Crippen molar-refractivity contribution in [3.63, 3.8) is 0 Å². The SMILES string of the molecule is Cc1cc(N2CCN(CC(=O)Nc3cnc4[nH]c(=O)oc4c3)[C@H](C)C2)ccc1Cl. The third-order valence-electron chi connectivity index (χ3n) is 5.18. The highest BCUT2D eigenvalue weighted by atomic mass is 35.5. The Kier molecular flexibility index (Phi) is 5.29. The summed E-state index contributed by atoms with van der Waals surface area (Å²) >= 11 is 6.13. The fourth-order valence-electron chi connectivity index (χ4n) is 3.58. The lowest BCUT2D eigenvalue weighted by Gasteiger charge is -2.40. The van der Waals surface area contributed by atoms with Gasteiger partial charge >= 0.3 is 5.76 Å². The normalized spacial score (nSPS) is 17.6. The van der Waals surface area contributed by atoms with Gasteiger partial charge in [-0.05, 0) is 37.6 Å². The van der Waals surface area contributed by atoms with Gasteiger partial charge in [-0.15, -0.1) is 0 Å². The second kappa shape index (κ2) is 7.88. The summed E-state index contributed by atoms with van der Waals surface area (Å²) in [6, 6.07) is 7.86. The highest BCUT2D eigenvalue weighted by Gasteiger charge is 2.25. The summed E-state index contributed by atoms with van der Waals surface area (Å²) < 4.78 is 4.98. The molecule has 0 unspecified atom stereocenters. The Labute approximate surface area is 172 Å². The summed E-state index contributed by atoms with van der Waals surface area (Å²) in [6.07, 6.45) is 1.50. The Balaban J connectivity index is 1.36. The van der Waals surface area contributed by atoms with E-state index in [1.807, 2.05) is 19.1 Å². The van der Waals surface area contributed by atoms with E-state index in [4.69, 9.17) is 16.0 Å². The van der Waals surface area contributed by atoms with E-state index in [0.29, 0.717) is 16.9 Å². The van der Waals surface area contributed by atoms with Crippen molar-refractivity contribution in [1.29, 1.82) is 0 Å². The van der Waals surface area contributed by atoms with Crippen LogP contribution >= 0.6 is 11.6 Å². The molecule has 0 radical (unpaired) electrons. The number of hydrogen-bond acceptors (Lipinski definition) is 6. The van der Waals surface area contributed by atoms with E-state index in [1.165, 1.54) is 6.20 Å². The number of pyridine rings is 1. The number of aryl methyl sites for hydroxylation is 1. The number of halogens is 1. The van der Waals surface area contributed by atoms with E-state index < -0.39 is 5.76 Å². The molecule has 0 bridgehead atoms. The molecule has 152 valence electrons. The van der Waals surface area contributed by atoms with Gasteiger partial charge in [0.15, 0.2) is 11.2 Å². The zero-order valence-electron chi connectivity index (χ0n) is 16.2. The van der Waals surface area contributed by atoms with Crippen LogP contribution in [0.4, 0.5) is 11.4 Å². The molecule has 2 N–H and O–H groups in total. The predicted molar refractivity (Wildman–Crippen MR) is 113 cm³/mol. The van der Waals surface area contributed by atoms with Crippen molar-refractivity contribution in [2.45, 2.75) is 19.9 Å². The van der Waals surface area contributed by atoms with Gasteiger partial charge < -0.3 is 14.6 Å². The van der Waals surface area contributed by atoms with Crippen molar-refractivity contribution in [1.82, 2.24) is 14.9 Å².